The van der Waals surface area contributed by atoms with E-state index in [0.717, 1.165) is 10.0 Å². The zero-order valence-electron chi connectivity index (χ0n) is 21.7. The number of halogens is 2. The molecule has 0 spiro atoms. The Morgan fingerprint density at radius 3 is 2.33 bits per heavy atom. The molecule has 200 valence electrons. The molecule has 39 heavy (non-hydrogen) atoms. The van der Waals surface area contributed by atoms with Crippen molar-refractivity contribution in [3.8, 4) is 22.7 Å². The van der Waals surface area contributed by atoms with Crippen LogP contribution in [0.25, 0.3) is 16.9 Å². The summed E-state index contributed by atoms with van der Waals surface area (Å²) in [5.74, 6) is 0.125. The number of para-hydroxylation sites is 1. The summed E-state index contributed by atoms with van der Waals surface area (Å²) in [6.45, 7) is 3.42. The Hall–Kier alpha value is -4.11. The Balaban J connectivity index is 1.39. The fourth-order valence-electron chi connectivity index (χ4n) is 4.81. The van der Waals surface area contributed by atoms with E-state index in [-0.39, 0.29) is 17.8 Å². The molecule has 1 aromatic heterocycles. The molecule has 1 aliphatic heterocycles. The maximum absolute atomic E-state index is 15.0. The van der Waals surface area contributed by atoms with Gasteiger partial charge >= 0.3 is 6.03 Å². The number of methoxy groups -OCH3 is 1. The second-order valence-corrected chi connectivity index (χ2v) is 10.2. The summed E-state index contributed by atoms with van der Waals surface area (Å²) in [5, 5.41) is 2.90. The standard InChI is InChI=1S/C30H28BrFN4O3/c1-20-25(29(37)34-13-15-35(16-14-34)30(38)33-23-9-6-8-22(31)18-23)19-28(21-7-5-10-24(17-21)39-2)36(20)27-12-4-3-11-26(27)32/h3-12,17-19H,13-16H2,1-2H3,(H,33,38). The highest BCUT2D eigenvalue weighted by atomic mass is 79.9. The number of aromatic nitrogens is 1. The van der Waals surface area contributed by atoms with Gasteiger partial charge < -0.3 is 24.4 Å². The van der Waals surface area contributed by atoms with Crippen molar-refractivity contribution in [1.29, 1.82) is 0 Å². The third kappa shape index (κ3) is 5.54. The highest BCUT2D eigenvalue weighted by Gasteiger charge is 2.28. The molecule has 3 aromatic carbocycles. The normalized spacial score (nSPS) is 13.3. The van der Waals surface area contributed by atoms with Gasteiger partial charge in [0.15, 0.2) is 0 Å². The molecule has 0 aliphatic carbocycles. The van der Waals surface area contributed by atoms with Gasteiger partial charge in [-0.15, -0.1) is 0 Å². The van der Waals surface area contributed by atoms with Gasteiger partial charge in [0, 0.05) is 47.6 Å². The first-order chi connectivity index (χ1) is 18.9. The summed E-state index contributed by atoms with van der Waals surface area (Å²) in [4.78, 5) is 29.9. The van der Waals surface area contributed by atoms with Crippen molar-refractivity contribution >= 4 is 33.6 Å². The highest BCUT2D eigenvalue weighted by molar-refractivity contribution is 9.10. The first-order valence-corrected chi connectivity index (χ1v) is 13.4. The van der Waals surface area contributed by atoms with Gasteiger partial charge in [0.25, 0.3) is 5.91 Å². The molecule has 0 bridgehead atoms. The number of carbonyl (C=O) groups is 2. The zero-order valence-corrected chi connectivity index (χ0v) is 23.2. The first kappa shape index (κ1) is 26.5. The van der Waals surface area contributed by atoms with E-state index in [1.165, 1.54) is 6.07 Å². The van der Waals surface area contributed by atoms with Crippen LogP contribution in [-0.4, -0.2) is 59.6 Å². The van der Waals surface area contributed by atoms with Crippen molar-refractivity contribution in [1.82, 2.24) is 14.4 Å². The van der Waals surface area contributed by atoms with E-state index in [1.54, 1.807) is 39.7 Å². The van der Waals surface area contributed by atoms with Crippen LogP contribution in [0.3, 0.4) is 0 Å². The average Bonchev–Trinajstić information content (AvgIpc) is 3.29. The summed E-state index contributed by atoms with van der Waals surface area (Å²) in [7, 11) is 1.59. The molecule has 0 atom stereocenters. The van der Waals surface area contributed by atoms with Gasteiger partial charge in [0.2, 0.25) is 0 Å². The van der Waals surface area contributed by atoms with Crippen LogP contribution in [-0.2, 0) is 0 Å². The van der Waals surface area contributed by atoms with Gasteiger partial charge in [-0.05, 0) is 55.5 Å². The van der Waals surface area contributed by atoms with Crippen molar-refractivity contribution < 1.29 is 18.7 Å². The Morgan fingerprint density at radius 1 is 0.897 bits per heavy atom. The lowest BCUT2D eigenvalue weighted by atomic mass is 10.1. The lowest BCUT2D eigenvalue weighted by Gasteiger charge is -2.34. The van der Waals surface area contributed by atoms with Crippen LogP contribution in [0.5, 0.6) is 5.75 Å². The van der Waals surface area contributed by atoms with Crippen molar-refractivity contribution in [2.75, 3.05) is 38.6 Å². The molecular weight excluding hydrogens is 563 g/mol. The van der Waals surface area contributed by atoms with Gasteiger partial charge in [-0.3, -0.25) is 4.79 Å². The number of hydrogen-bond acceptors (Lipinski definition) is 3. The van der Waals surface area contributed by atoms with Crippen LogP contribution < -0.4 is 10.1 Å². The lowest BCUT2D eigenvalue weighted by Crippen LogP contribution is -2.51. The Bertz CT molecular complexity index is 1530. The summed E-state index contributed by atoms with van der Waals surface area (Å²) in [6.07, 6.45) is 0. The number of benzene rings is 3. The predicted octanol–water partition coefficient (Wildman–Crippen LogP) is 6.35. The van der Waals surface area contributed by atoms with E-state index in [2.05, 4.69) is 21.2 Å². The minimum atomic E-state index is -0.385. The Kier molecular flexibility index (Phi) is 7.70. The molecule has 1 saturated heterocycles. The van der Waals surface area contributed by atoms with Crippen LogP contribution in [0, 0.1) is 12.7 Å². The highest BCUT2D eigenvalue weighted by Crippen LogP contribution is 2.33. The summed E-state index contributed by atoms with van der Waals surface area (Å²) in [6, 6.07) is 23.0. The van der Waals surface area contributed by atoms with E-state index in [0.29, 0.717) is 60.3 Å². The number of carbonyl (C=O) groups excluding carboxylic acids is 2. The number of piperazine rings is 1. The fourth-order valence-corrected chi connectivity index (χ4v) is 5.21. The summed E-state index contributed by atoms with van der Waals surface area (Å²) in [5.41, 5.74) is 3.67. The third-order valence-electron chi connectivity index (χ3n) is 6.87. The number of amides is 3. The van der Waals surface area contributed by atoms with Gasteiger partial charge in [0.1, 0.15) is 11.6 Å². The van der Waals surface area contributed by atoms with Crippen LogP contribution in [0.1, 0.15) is 16.1 Å². The SMILES string of the molecule is COc1cccc(-c2cc(C(=O)N3CCN(C(=O)Nc4cccc(Br)c4)CC3)c(C)n2-c2ccccc2F)c1. The Morgan fingerprint density at radius 2 is 1.62 bits per heavy atom. The molecule has 5 rings (SSSR count). The smallest absolute Gasteiger partial charge is 0.321 e. The van der Waals surface area contributed by atoms with Crippen LogP contribution >= 0.6 is 15.9 Å². The average molecular weight is 591 g/mol. The second kappa shape index (κ2) is 11.3. The van der Waals surface area contributed by atoms with Crippen molar-refractivity contribution in [2.24, 2.45) is 0 Å². The fraction of sp³-hybridized carbons (Fsp3) is 0.200. The number of rotatable bonds is 5. The quantitative estimate of drug-likeness (QED) is 0.294. The first-order valence-electron chi connectivity index (χ1n) is 12.6. The monoisotopic (exact) mass is 590 g/mol. The van der Waals surface area contributed by atoms with Crippen LogP contribution in [0.15, 0.2) is 83.3 Å². The van der Waals surface area contributed by atoms with E-state index < -0.39 is 0 Å². The largest absolute Gasteiger partial charge is 0.497 e. The predicted molar refractivity (Wildman–Crippen MR) is 153 cm³/mol. The van der Waals surface area contributed by atoms with E-state index >= 15 is 0 Å². The van der Waals surface area contributed by atoms with Gasteiger partial charge in [-0.1, -0.05) is 46.3 Å². The molecule has 3 amide bonds. The van der Waals surface area contributed by atoms with Gasteiger partial charge in [-0.2, -0.15) is 0 Å². The number of hydrogen-bond donors (Lipinski definition) is 1. The van der Waals surface area contributed by atoms with Gasteiger partial charge in [-0.25, -0.2) is 9.18 Å². The molecule has 4 aromatic rings. The topological polar surface area (TPSA) is 66.8 Å². The van der Waals surface area contributed by atoms with E-state index in [1.807, 2.05) is 61.5 Å². The van der Waals surface area contributed by atoms with Gasteiger partial charge in [0.05, 0.1) is 24.1 Å². The molecule has 1 N–H and O–H groups in total. The number of anilines is 1. The molecule has 9 heteroatoms. The van der Waals surface area contributed by atoms with Crippen molar-refractivity contribution in [2.45, 2.75) is 6.92 Å². The van der Waals surface area contributed by atoms with Crippen LogP contribution in [0.2, 0.25) is 0 Å². The maximum Gasteiger partial charge on any atom is 0.321 e. The minimum absolute atomic E-state index is 0.154. The molecule has 0 radical (unpaired) electrons. The Labute approximate surface area is 234 Å². The van der Waals surface area contributed by atoms with E-state index in [4.69, 9.17) is 4.74 Å². The van der Waals surface area contributed by atoms with Crippen molar-refractivity contribution in [3.05, 3.63) is 100 Å². The second-order valence-electron chi connectivity index (χ2n) is 9.27. The molecule has 2 heterocycles. The molecule has 0 saturated carbocycles. The van der Waals surface area contributed by atoms with Crippen molar-refractivity contribution in [3.63, 3.8) is 0 Å². The van der Waals surface area contributed by atoms with E-state index in [9.17, 15) is 14.0 Å². The van der Waals surface area contributed by atoms with Crippen LogP contribution in [0.4, 0.5) is 14.9 Å². The zero-order chi connectivity index (χ0) is 27.5. The molecule has 7 nitrogen and oxygen atoms in total. The maximum atomic E-state index is 15.0. The molecule has 1 aliphatic rings. The minimum Gasteiger partial charge on any atom is -0.497 e. The number of nitrogens with zero attached hydrogens (tertiary/aromatic N) is 3. The lowest BCUT2D eigenvalue weighted by molar-refractivity contribution is 0.0671. The molecule has 1 fully saturated rings. The number of ether oxygens (including phenoxy) is 1. The number of nitrogens with one attached hydrogen (secondary N) is 1. The summed E-state index contributed by atoms with van der Waals surface area (Å²) >= 11 is 3.41. The number of urea groups is 1. The summed E-state index contributed by atoms with van der Waals surface area (Å²) < 4.78 is 23.0. The third-order valence-corrected chi connectivity index (χ3v) is 7.36. The molecular formula is C30H28BrFN4O3. The molecule has 0 unspecified atom stereocenters.